The van der Waals surface area contributed by atoms with Crippen molar-refractivity contribution in [3.8, 4) is 23.0 Å². The molecule has 2 aliphatic rings. The second kappa shape index (κ2) is 18.3. The number of methoxy groups -OCH3 is 2. The van der Waals surface area contributed by atoms with Crippen molar-refractivity contribution in [1.29, 1.82) is 0 Å². The highest BCUT2D eigenvalue weighted by Crippen LogP contribution is 2.41. The quantitative estimate of drug-likeness (QED) is 0.0684. The average Bonchev–Trinajstić information content (AvgIpc) is 3.72. The van der Waals surface area contributed by atoms with Crippen LogP contribution in [0, 0.1) is 6.92 Å². The second-order valence-electron chi connectivity index (χ2n) is 13.6. The fraction of sp³-hybridized carbons (Fsp3) is 0.381. The number of carbonyl (C=O) groups is 1. The zero-order valence-electron chi connectivity index (χ0n) is 31.4. The Hall–Kier alpha value is -5.34. The van der Waals surface area contributed by atoms with Crippen LogP contribution in [0.3, 0.4) is 0 Å². The van der Waals surface area contributed by atoms with Crippen LogP contribution < -0.4 is 29.6 Å². The van der Waals surface area contributed by atoms with Gasteiger partial charge in [-0.25, -0.2) is 0 Å². The van der Waals surface area contributed by atoms with Gasteiger partial charge in [-0.2, -0.15) is 0 Å². The number of rotatable bonds is 18. The van der Waals surface area contributed by atoms with Crippen LogP contribution in [-0.4, -0.2) is 59.5 Å². The standard InChI is InChI=1S/C42H49N3O10/c1-25-8-10-34-32(14-25)42(50)44-41(43-34)26-9-11-36(31(15-26)23-48)53-12-6-4-5-7-13-54-40-38(51-2)18-27(19-39(40)52-3)35-20-37(55-45-35)28-16-29(21-46)33(24-49)30(17-28)22-47/h8-11,14-19,37,41,43,46-49H,4-7,12-13,20-24H2,1-3H3,(H,44,50). The van der Waals surface area contributed by atoms with E-state index in [2.05, 4.69) is 15.8 Å². The van der Waals surface area contributed by atoms with Gasteiger partial charge in [0.25, 0.3) is 5.91 Å². The van der Waals surface area contributed by atoms with Crippen LogP contribution in [0.5, 0.6) is 23.0 Å². The highest BCUT2D eigenvalue weighted by Gasteiger charge is 2.28. The number of carbonyl (C=O) groups excluding carboxylic acids is 1. The maximum Gasteiger partial charge on any atom is 0.255 e. The Balaban J connectivity index is 0.968. The van der Waals surface area contributed by atoms with Crippen molar-refractivity contribution < 1.29 is 49.0 Å². The fourth-order valence-corrected chi connectivity index (χ4v) is 6.91. The Morgan fingerprint density at radius 3 is 2.02 bits per heavy atom. The summed E-state index contributed by atoms with van der Waals surface area (Å²) in [6.45, 7) is 1.87. The van der Waals surface area contributed by atoms with Crippen molar-refractivity contribution >= 4 is 17.3 Å². The lowest BCUT2D eigenvalue weighted by molar-refractivity contribution is 0.0853. The molecule has 55 heavy (non-hydrogen) atoms. The minimum atomic E-state index is -0.438. The smallest absolute Gasteiger partial charge is 0.255 e. The van der Waals surface area contributed by atoms with E-state index in [9.17, 15) is 25.2 Å². The molecule has 0 spiro atoms. The van der Waals surface area contributed by atoms with Crippen LogP contribution in [-0.2, 0) is 31.3 Å². The number of anilines is 1. The number of amides is 1. The summed E-state index contributed by atoms with van der Waals surface area (Å²) in [5.74, 6) is 1.97. The summed E-state index contributed by atoms with van der Waals surface area (Å²) >= 11 is 0. The van der Waals surface area contributed by atoms with Gasteiger partial charge in [0.2, 0.25) is 5.75 Å². The topological polar surface area (TPSA) is 181 Å². The van der Waals surface area contributed by atoms with Crippen LogP contribution in [0.1, 0.15) is 99.2 Å². The Bertz CT molecular complexity index is 1970. The number of aryl methyl sites for hydroxylation is 1. The summed E-state index contributed by atoms with van der Waals surface area (Å²) in [5, 5.41) is 50.1. The Labute approximate surface area is 320 Å². The molecule has 0 aromatic heterocycles. The van der Waals surface area contributed by atoms with E-state index in [-0.39, 0.29) is 32.3 Å². The lowest BCUT2D eigenvalue weighted by Crippen LogP contribution is -2.38. The third kappa shape index (κ3) is 8.97. The Kier molecular flexibility index (Phi) is 13.1. The molecule has 2 heterocycles. The summed E-state index contributed by atoms with van der Waals surface area (Å²) < 4.78 is 23.6. The lowest BCUT2D eigenvalue weighted by atomic mass is 9.93. The normalized spacial score (nSPS) is 16.1. The fourth-order valence-electron chi connectivity index (χ4n) is 6.91. The third-order valence-corrected chi connectivity index (χ3v) is 9.92. The maximum absolute atomic E-state index is 12.7. The van der Waals surface area contributed by atoms with Crippen molar-refractivity contribution in [2.24, 2.45) is 5.16 Å². The number of nitrogens with zero attached hydrogens (tertiary/aromatic N) is 1. The number of nitrogens with one attached hydrogen (secondary N) is 2. The molecule has 6 N–H and O–H groups in total. The molecular formula is C42H49N3O10. The molecule has 2 atom stereocenters. The first kappa shape index (κ1) is 39.4. The molecular weight excluding hydrogens is 706 g/mol. The van der Waals surface area contributed by atoms with Gasteiger partial charge in [-0.15, -0.1) is 0 Å². The largest absolute Gasteiger partial charge is 0.493 e. The minimum absolute atomic E-state index is 0.142. The summed E-state index contributed by atoms with van der Waals surface area (Å²) in [4.78, 5) is 18.5. The number of unbranched alkanes of at least 4 members (excludes halogenated alkanes) is 3. The van der Waals surface area contributed by atoms with Gasteiger partial charge >= 0.3 is 0 Å². The van der Waals surface area contributed by atoms with E-state index in [0.29, 0.717) is 76.2 Å². The van der Waals surface area contributed by atoms with E-state index in [1.54, 1.807) is 26.4 Å². The van der Waals surface area contributed by atoms with Gasteiger partial charge in [0.15, 0.2) is 17.6 Å². The third-order valence-electron chi connectivity index (χ3n) is 9.92. The molecule has 2 aliphatic heterocycles. The van der Waals surface area contributed by atoms with Gasteiger partial charge in [-0.3, -0.25) is 4.79 Å². The predicted molar refractivity (Wildman–Crippen MR) is 206 cm³/mol. The molecule has 0 bridgehead atoms. The number of hydrogen-bond acceptors (Lipinski definition) is 12. The molecule has 2 unspecified atom stereocenters. The molecule has 0 saturated heterocycles. The van der Waals surface area contributed by atoms with Gasteiger partial charge in [-0.05, 0) is 109 Å². The van der Waals surface area contributed by atoms with Gasteiger partial charge in [0, 0.05) is 23.2 Å². The number of aliphatic hydroxyl groups excluding tert-OH is 4. The Morgan fingerprint density at radius 2 is 1.38 bits per heavy atom. The van der Waals surface area contributed by atoms with E-state index in [4.69, 9.17) is 23.8 Å². The van der Waals surface area contributed by atoms with Crippen LogP contribution in [0.25, 0.3) is 0 Å². The first-order chi connectivity index (χ1) is 26.8. The number of ether oxygens (including phenoxy) is 4. The SMILES string of the molecule is COc1cc(C2=NOC(c3cc(CO)c(CO)c(CO)c3)C2)cc(OC)c1OCCCCCCOc1ccc(C2NC(=O)c3cc(C)ccc3N2)cc1CO. The van der Waals surface area contributed by atoms with Gasteiger partial charge in [0.1, 0.15) is 11.9 Å². The van der Waals surface area contributed by atoms with Crippen molar-refractivity contribution in [3.05, 3.63) is 111 Å². The highest BCUT2D eigenvalue weighted by molar-refractivity contribution is 6.03. The van der Waals surface area contributed by atoms with Crippen LogP contribution in [0.4, 0.5) is 5.69 Å². The van der Waals surface area contributed by atoms with E-state index < -0.39 is 12.3 Å². The lowest BCUT2D eigenvalue weighted by Gasteiger charge is -2.29. The van der Waals surface area contributed by atoms with Gasteiger partial charge < -0.3 is 54.8 Å². The van der Waals surface area contributed by atoms with Crippen molar-refractivity contribution in [2.75, 3.05) is 32.8 Å². The van der Waals surface area contributed by atoms with E-state index in [1.165, 1.54) is 0 Å². The van der Waals surface area contributed by atoms with Gasteiger partial charge in [-0.1, -0.05) is 22.9 Å². The van der Waals surface area contributed by atoms with Gasteiger partial charge in [0.05, 0.1) is 65.1 Å². The van der Waals surface area contributed by atoms with Crippen LogP contribution in [0.15, 0.2) is 65.8 Å². The molecule has 0 aliphatic carbocycles. The first-order valence-electron chi connectivity index (χ1n) is 18.4. The molecule has 0 saturated carbocycles. The zero-order valence-corrected chi connectivity index (χ0v) is 31.4. The molecule has 292 valence electrons. The summed E-state index contributed by atoms with van der Waals surface area (Å²) in [6, 6.07) is 18.5. The minimum Gasteiger partial charge on any atom is -0.493 e. The second-order valence-corrected chi connectivity index (χ2v) is 13.6. The van der Waals surface area contributed by atoms with E-state index in [0.717, 1.165) is 53.6 Å². The van der Waals surface area contributed by atoms with Crippen molar-refractivity contribution in [2.45, 2.75) is 77.7 Å². The first-order valence-corrected chi connectivity index (χ1v) is 18.4. The van der Waals surface area contributed by atoms with Crippen LogP contribution in [0.2, 0.25) is 0 Å². The number of aliphatic hydroxyl groups is 4. The zero-order chi connectivity index (χ0) is 38.9. The molecule has 4 aromatic carbocycles. The molecule has 13 nitrogen and oxygen atoms in total. The Morgan fingerprint density at radius 1 is 0.727 bits per heavy atom. The van der Waals surface area contributed by atoms with Crippen molar-refractivity contribution in [1.82, 2.24) is 5.32 Å². The number of fused-ring (bicyclic) bond motifs is 1. The highest BCUT2D eigenvalue weighted by atomic mass is 16.6. The molecule has 13 heteroatoms. The monoisotopic (exact) mass is 755 g/mol. The summed E-state index contributed by atoms with van der Waals surface area (Å²) in [6.07, 6.45) is 3.04. The number of oxime groups is 1. The molecule has 0 radical (unpaired) electrons. The molecule has 6 rings (SSSR count). The number of hydrogen-bond donors (Lipinski definition) is 6. The molecule has 4 aromatic rings. The summed E-state index contributed by atoms with van der Waals surface area (Å²) in [5.41, 5.74) is 7.62. The predicted octanol–water partition coefficient (Wildman–Crippen LogP) is 5.72. The van der Waals surface area contributed by atoms with E-state index >= 15 is 0 Å². The molecule has 0 fully saturated rings. The van der Waals surface area contributed by atoms with Crippen molar-refractivity contribution in [3.63, 3.8) is 0 Å². The van der Waals surface area contributed by atoms with Crippen LogP contribution >= 0.6 is 0 Å². The maximum atomic E-state index is 12.7. The number of benzene rings is 4. The summed E-state index contributed by atoms with van der Waals surface area (Å²) in [7, 11) is 3.13. The average molecular weight is 756 g/mol. The molecule has 1 amide bonds. The van der Waals surface area contributed by atoms with E-state index in [1.807, 2.05) is 55.5 Å².